The lowest BCUT2D eigenvalue weighted by Gasteiger charge is -2.18. The van der Waals surface area contributed by atoms with E-state index in [1.807, 2.05) is 48.7 Å². The monoisotopic (exact) mass is 390 g/mol. The van der Waals surface area contributed by atoms with Crippen LogP contribution < -0.4 is 10.2 Å². The van der Waals surface area contributed by atoms with E-state index in [2.05, 4.69) is 52.7 Å². The zero-order valence-corrected chi connectivity index (χ0v) is 16.8. The van der Waals surface area contributed by atoms with E-state index in [1.54, 1.807) is 0 Å². The van der Waals surface area contributed by atoms with Crippen molar-refractivity contribution < 1.29 is 4.79 Å². The Bertz CT molecular complexity index is 1030. The number of nitrogens with one attached hydrogen (secondary N) is 1. The molecule has 2 heterocycles. The van der Waals surface area contributed by atoms with Crippen LogP contribution in [0.3, 0.4) is 0 Å². The van der Waals surface area contributed by atoms with Crippen LogP contribution in [-0.4, -0.2) is 15.9 Å². The summed E-state index contributed by atoms with van der Waals surface area (Å²) < 4.78 is 0. The van der Waals surface area contributed by atoms with Gasteiger partial charge in [-0.15, -0.1) is 12.6 Å². The van der Waals surface area contributed by atoms with Crippen molar-refractivity contribution in [1.29, 1.82) is 0 Å². The Morgan fingerprint density at radius 2 is 1.96 bits per heavy atom. The number of benzene rings is 2. The maximum Gasteiger partial charge on any atom is 0.255 e. The molecule has 0 bridgehead atoms. The number of aromatic nitrogens is 2. The van der Waals surface area contributed by atoms with Crippen molar-refractivity contribution in [1.82, 2.24) is 9.97 Å². The van der Waals surface area contributed by atoms with Gasteiger partial charge in [0, 0.05) is 35.2 Å². The Hall–Kier alpha value is -2.86. The van der Waals surface area contributed by atoms with E-state index in [9.17, 15) is 4.79 Å². The zero-order valence-electron chi connectivity index (χ0n) is 15.9. The van der Waals surface area contributed by atoms with Gasteiger partial charge in [-0.25, -0.2) is 9.97 Å². The predicted octanol–water partition coefficient (Wildman–Crippen LogP) is 4.66. The minimum atomic E-state index is -0.114. The van der Waals surface area contributed by atoms with Crippen LogP contribution in [0.2, 0.25) is 0 Å². The average molecular weight is 391 g/mol. The fraction of sp³-hybridized carbons (Fsp3) is 0.227. The number of hydrogen-bond acceptors (Lipinski definition) is 5. The highest BCUT2D eigenvalue weighted by Gasteiger charge is 2.22. The summed E-state index contributed by atoms with van der Waals surface area (Å²) in [5, 5.41) is 3.49. The maximum absolute atomic E-state index is 12.8. The second-order valence-corrected chi connectivity index (χ2v) is 7.68. The molecule has 0 spiro atoms. The van der Waals surface area contributed by atoms with E-state index in [0.717, 1.165) is 29.2 Å². The largest absolute Gasteiger partial charge is 0.361 e. The topological polar surface area (TPSA) is 58.1 Å². The molecule has 142 valence electrons. The van der Waals surface area contributed by atoms with Crippen molar-refractivity contribution in [3.63, 3.8) is 0 Å². The minimum absolute atomic E-state index is 0.114. The van der Waals surface area contributed by atoms with Crippen molar-refractivity contribution in [2.45, 2.75) is 38.0 Å². The van der Waals surface area contributed by atoms with E-state index in [1.165, 1.54) is 5.56 Å². The molecule has 1 amide bonds. The normalized spacial score (nSPS) is 12.9. The summed E-state index contributed by atoms with van der Waals surface area (Å²) >= 11 is 4.22. The first-order valence-electron chi connectivity index (χ1n) is 9.29. The third-order valence-electron chi connectivity index (χ3n) is 4.93. The molecule has 0 fully saturated rings. The predicted molar refractivity (Wildman–Crippen MR) is 114 cm³/mol. The van der Waals surface area contributed by atoms with Crippen LogP contribution in [0.1, 0.15) is 46.9 Å². The van der Waals surface area contributed by atoms with Crippen molar-refractivity contribution in [3.8, 4) is 0 Å². The lowest BCUT2D eigenvalue weighted by molar-refractivity contribution is 0.102. The van der Waals surface area contributed by atoms with Crippen molar-refractivity contribution in [3.05, 3.63) is 77.1 Å². The van der Waals surface area contributed by atoms with Gasteiger partial charge in [0.25, 0.3) is 5.91 Å². The van der Waals surface area contributed by atoms with Crippen LogP contribution in [0.5, 0.6) is 0 Å². The molecule has 2 aromatic carbocycles. The fourth-order valence-electron chi connectivity index (χ4n) is 3.35. The summed E-state index contributed by atoms with van der Waals surface area (Å²) in [6.45, 7) is 5.69. The summed E-state index contributed by atoms with van der Waals surface area (Å²) in [5.41, 5.74) is 5.71. The van der Waals surface area contributed by atoms with Gasteiger partial charge in [-0.1, -0.05) is 32.0 Å². The Kier molecular flexibility index (Phi) is 5.05. The van der Waals surface area contributed by atoms with Crippen molar-refractivity contribution >= 4 is 29.9 Å². The molecule has 1 N–H and O–H groups in total. The number of carbonyl (C=O) groups is 1. The van der Waals surface area contributed by atoms with Gasteiger partial charge in [0.2, 0.25) is 0 Å². The standard InChI is InChI=1S/C22H22N4OS/c1-14(2)15-5-3-7-18(9-15)24-21(27)16-6-4-8-19(10-16)26-12-17-11-23-22(28)25-20(17)13-26/h3-11,14H,12-13H2,1-2H3,(H,24,27)(H,23,25,28). The Morgan fingerprint density at radius 1 is 1.14 bits per heavy atom. The molecule has 0 unspecified atom stereocenters. The molecule has 6 heteroatoms. The summed E-state index contributed by atoms with van der Waals surface area (Å²) in [6, 6.07) is 15.7. The SMILES string of the molecule is CC(C)c1cccc(NC(=O)c2cccc(N3Cc4cnc(S)nc4C3)c2)c1. The number of hydrogen-bond donors (Lipinski definition) is 2. The smallest absolute Gasteiger partial charge is 0.255 e. The van der Waals surface area contributed by atoms with Gasteiger partial charge < -0.3 is 10.2 Å². The molecule has 1 aliphatic heterocycles. The number of nitrogens with zero attached hydrogens (tertiary/aromatic N) is 3. The van der Waals surface area contributed by atoms with Crippen molar-refractivity contribution in [2.24, 2.45) is 0 Å². The van der Waals surface area contributed by atoms with Gasteiger partial charge in [0.15, 0.2) is 5.16 Å². The maximum atomic E-state index is 12.8. The van der Waals surface area contributed by atoms with Crippen LogP contribution in [0, 0.1) is 0 Å². The molecule has 0 radical (unpaired) electrons. The quantitative estimate of drug-likeness (QED) is 0.502. The van der Waals surface area contributed by atoms with Gasteiger partial charge in [-0.2, -0.15) is 0 Å². The number of amides is 1. The highest BCUT2D eigenvalue weighted by Crippen LogP contribution is 2.28. The molecule has 0 saturated carbocycles. The fourth-order valence-corrected chi connectivity index (χ4v) is 3.53. The summed E-state index contributed by atoms with van der Waals surface area (Å²) in [4.78, 5) is 23.5. The second-order valence-electron chi connectivity index (χ2n) is 7.28. The molecule has 1 aromatic heterocycles. The molecule has 1 aliphatic rings. The van der Waals surface area contributed by atoms with Gasteiger partial charge in [-0.05, 0) is 41.8 Å². The van der Waals surface area contributed by atoms with E-state index < -0.39 is 0 Å². The Morgan fingerprint density at radius 3 is 2.79 bits per heavy atom. The Balaban J connectivity index is 1.51. The van der Waals surface area contributed by atoms with Crippen LogP contribution in [0.4, 0.5) is 11.4 Å². The van der Waals surface area contributed by atoms with Crippen molar-refractivity contribution in [2.75, 3.05) is 10.2 Å². The highest BCUT2D eigenvalue weighted by atomic mass is 32.1. The molecule has 28 heavy (non-hydrogen) atoms. The molecule has 0 atom stereocenters. The zero-order chi connectivity index (χ0) is 19.7. The third kappa shape index (κ3) is 3.87. The second kappa shape index (κ2) is 7.64. The molecule has 3 aromatic rings. The average Bonchev–Trinajstić information content (AvgIpc) is 3.11. The molecular formula is C22H22N4OS. The van der Waals surface area contributed by atoms with Gasteiger partial charge in [-0.3, -0.25) is 4.79 Å². The number of carbonyl (C=O) groups excluding carboxylic acids is 1. The first-order chi connectivity index (χ1) is 13.5. The molecule has 0 aliphatic carbocycles. The van der Waals surface area contributed by atoms with Crippen LogP contribution in [-0.2, 0) is 13.1 Å². The van der Waals surface area contributed by atoms with Gasteiger partial charge >= 0.3 is 0 Å². The third-order valence-corrected chi connectivity index (χ3v) is 5.14. The number of thiol groups is 1. The van der Waals surface area contributed by atoms with E-state index in [-0.39, 0.29) is 5.91 Å². The van der Waals surface area contributed by atoms with Crippen LogP contribution >= 0.6 is 12.6 Å². The summed E-state index contributed by atoms with van der Waals surface area (Å²) in [5.74, 6) is 0.301. The Labute approximate surface area is 170 Å². The molecule has 5 nitrogen and oxygen atoms in total. The lowest BCUT2D eigenvalue weighted by Crippen LogP contribution is -2.17. The first kappa shape index (κ1) is 18.5. The van der Waals surface area contributed by atoms with Gasteiger partial charge in [0.05, 0.1) is 12.2 Å². The van der Waals surface area contributed by atoms with Crippen LogP contribution in [0.15, 0.2) is 59.9 Å². The minimum Gasteiger partial charge on any atom is -0.361 e. The van der Waals surface area contributed by atoms with E-state index >= 15 is 0 Å². The van der Waals surface area contributed by atoms with Crippen LogP contribution in [0.25, 0.3) is 0 Å². The van der Waals surface area contributed by atoms with E-state index in [4.69, 9.17) is 0 Å². The first-order valence-corrected chi connectivity index (χ1v) is 9.74. The molecule has 0 saturated heterocycles. The highest BCUT2D eigenvalue weighted by molar-refractivity contribution is 7.80. The van der Waals surface area contributed by atoms with E-state index in [0.29, 0.717) is 23.2 Å². The number of rotatable bonds is 4. The number of anilines is 2. The lowest BCUT2D eigenvalue weighted by atomic mass is 10.0. The summed E-state index contributed by atoms with van der Waals surface area (Å²) in [7, 11) is 0. The number of fused-ring (bicyclic) bond motifs is 1. The summed E-state index contributed by atoms with van der Waals surface area (Å²) in [6.07, 6.45) is 1.82. The molecular weight excluding hydrogens is 368 g/mol. The molecule has 4 rings (SSSR count). The van der Waals surface area contributed by atoms with Gasteiger partial charge in [0.1, 0.15) is 0 Å².